The van der Waals surface area contributed by atoms with E-state index in [4.69, 9.17) is 0 Å². The summed E-state index contributed by atoms with van der Waals surface area (Å²) in [6.07, 6.45) is -4.28. The van der Waals surface area contributed by atoms with Crippen LogP contribution in [0.15, 0.2) is 24.3 Å². The van der Waals surface area contributed by atoms with Gasteiger partial charge in [-0.2, -0.15) is 0 Å². The second-order valence-electron chi connectivity index (χ2n) is 5.00. The lowest BCUT2D eigenvalue weighted by Crippen LogP contribution is -2.54. The predicted octanol–water partition coefficient (Wildman–Crippen LogP) is 2.11. The number of hydrogen-bond donors (Lipinski definition) is 2. The second kappa shape index (κ2) is 5.65. The minimum Gasteiger partial charge on any atom is -0.406 e. The highest BCUT2D eigenvalue weighted by Gasteiger charge is 2.44. The van der Waals surface area contributed by atoms with Crippen LogP contribution in [0.3, 0.4) is 0 Å². The number of aliphatic hydroxyl groups excluding tert-OH is 1. The van der Waals surface area contributed by atoms with E-state index in [1.807, 2.05) is 0 Å². The van der Waals surface area contributed by atoms with Crippen molar-refractivity contribution in [2.75, 3.05) is 7.05 Å². The lowest BCUT2D eigenvalue weighted by molar-refractivity contribution is -0.274. The Kier molecular flexibility index (Phi) is 4.25. The molecule has 0 saturated heterocycles. The van der Waals surface area contributed by atoms with Crippen LogP contribution in [-0.2, 0) is 10.3 Å². The van der Waals surface area contributed by atoms with Gasteiger partial charge >= 0.3 is 6.36 Å². The van der Waals surface area contributed by atoms with Crippen molar-refractivity contribution in [3.63, 3.8) is 0 Å². The zero-order valence-electron chi connectivity index (χ0n) is 11.4. The van der Waals surface area contributed by atoms with E-state index in [2.05, 4.69) is 10.1 Å². The van der Waals surface area contributed by atoms with Gasteiger partial charge in [0.05, 0.1) is 0 Å². The molecule has 1 aliphatic carbocycles. The van der Waals surface area contributed by atoms with Gasteiger partial charge in [-0.05, 0) is 44.0 Å². The van der Waals surface area contributed by atoms with E-state index in [0.29, 0.717) is 24.8 Å². The van der Waals surface area contributed by atoms with Gasteiger partial charge in [-0.25, -0.2) is 0 Å². The predicted molar refractivity (Wildman–Crippen MR) is 68.7 cm³/mol. The highest BCUT2D eigenvalue weighted by molar-refractivity contribution is 5.93. The van der Waals surface area contributed by atoms with Gasteiger partial charge in [0.25, 0.3) is 0 Å². The third-order valence-corrected chi connectivity index (χ3v) is 3.76. The van der Waals surface area contributed by atoms with E-state index in [1.165, 1.54) is 12.1 Å². The van der Waals surface area contributed by atoms with Crippen molar-refractivity contribution in [3.8, 4) is 5.75 Å². The molecule has 2 rings (SSSR count). The van der Waals surface area contributed by atoms with Crippen LogP contribution in [0, 0.1) is 0 Å². The van der Waals surface area contributed by atoms with Crippen molar-refractivity contribution in [1.29, 1.82) is 0 Å². The number of nitrogens with one attached hydrogen (secondary N) is 1. The van der Waals surface area contributed by atoms with Gasteiger partial charge in [-0.1, -0.05) is 12.1 Å². The summed E-state index contributed by atoms with van der Waals surface area (Å²) < 4.78 is 40.2. The molecule has 1 aromatic carbocycles. The fourth-order valence-electron chi connectivity index (χ4n) is 2.72. The van der Waals surface area contributed by atoms with Crippen molar-refractivity contribution in [3.05, 3.63) is 29.8 Å². The number of aliphatic hydroxyl groups is 1. The molecule has 0 aromatic heterocycles. The molecule has 0 aliphatic heterocycles. The zero-order valence-corrected chi connectivity index (χ0v) is 11.4. The SMILES string of the molecule is CNC1(c2ccc(OC(F)(F)F)cc2)CCCC(O)C1=O. The first-order chi connectivity index (χ1) is 9.78. The Morgan fingerprint density at radius 3 is 2.48 bits per heavy atom. The summed E-state index contributed by atoms with van der Waals surface area (Å²) in [6, 6.07) is 5.15. The molecule has 7 heteroatoms. The first-order valence-electron chi connectivity index (χ1n) is 6.56. The number of halogens is 3. The van der Waals surface area contributed by atoms with Gasteiger partial charge in [0.15, 0.2) is 5.78 Å². The molecular weight excluding hydrogens is 287 g/mol. The van der Waals surface area contributed by atoms with Crippen LogP contribution in [0.4, 0.5) is 13.2 Å². The van der Waals surface area contributed by atoms with E-state index >= 15 is 0 Å². The molecule has 0 amide bonds. The molecule has 2 unspecified atom stereocenters. The third-order valence-electron chi connectivity index (χ3n) is 3.76. The molecule has 1 aromatic rings. The maximum atomic E-state index is 12.3. The largest absolute Gasteiger partial charge is 0.573 e. The highest BCUT2D eigenvalue weighted by Crippen LogP contribution is 2.35. The van der Waals surface area contributed by atoms with Crippen LogP contribution in [0.25, 0.3) is 0 Å². The number of ketones is 1. The number of ether oxygens (including phenoxy) is 1. The molecule has 21 heavy (non-hydrogen) atoms. The Morgan fingerprint density at radius 2 is 1.95 bits per heavy atom. The summed E-state index contributed by atoms with van der Waals surface area (Å²) in [5, 5.41) is 12.7. The van der Waals surface area contributed by atoms with Gasteiger partial charge in [-0.15, -0.1) is 13.2 Å². The van der Waals surface area contributed by atoms with Crippen LogP contribution in [-0.4, -0.2) is 30.4 Å². The number of rotatable bonds is 3. The Morgan fingerprint density at radius 1 is 1.33 bits per heavy atom. The Labute approximate surface area is 119 Å². The Hall–Kier alpha value is -1.60. The lowest BCUT2D eigenvalue weighted by atomic mass is 9.74. The van der Waals surface area contributed by atoms with Crippen molar-refractivity contribution in [2.45, 2.75) is 37.3 Å². The van der Waals surface area contributed by atoms with Crippen molar-refractivity contribution in [2.24, 2.45) is 0 Å². The van der Waals surface area contributed by atoms with Crippen molar-refractivity contribution >= 4 is 5.78 Å². The number of alkyl halides is 3. The summed E-state index contributed by atoms with van der Waals surface area (Å²) in [4.78, 5) is 12.3. The zero-order chi connectivity index (χ0) is 15.7. The molecule has 0 bridgehead atoms. The normalized spacial score (nSPS) is 26.7. The third kappa shape index (κ3) is 3.19. The van der Waals surface area contributed by atoms with Gasteiger partial charge in [0, 0.05) is 0 Å². The Bertz CT molecular complexity index is 515. The first kappa shape index (κ1) is 15.8. The fraction of sp³-hybridized carbons (Fsp3) is 0.500. The number of Topliss-reactive ketones (excluding diaryl/α,β-unsaturated/α-hetero) is 1. The first-order valence-corrected chi connectivity index (χ1v) is 6.56. The number of benzene rings is 1. The van der Waals surface area contributed by atoms with E-state index in [0.717, 1.165) is 12.1 Å². The van der Waals surface area contributed by atoms with E-state index < -0.39 is 18.0 Å². The fourth-order valence-corrected chi connectivity index (χ4v) is 2.72. The molecule has 0 spiro atoms. The van der Waals surface area contributed by atoms with E-state index in [-0.39, 0.29) is 11.5 Å². The molecule has 116 valence electrons. The van der Waals surface area contributed by atoms with Gasteiger partial charge in [0.2, 0.25) is 0 Å². The van der Waals surface area contributed by atoms with Gasteiger partial charge in [-0.3, -0.25) is 4.79 Å². The molecule has 2 atom stereocenters. The summed E-state index contributed by atoms with van der Waals surface area (Å²) in [5.74, 6) is -0.706. The standard InChI is InChI=1S/C14H16F3NO3/c1-18-13(8-2-3-11(19)12(13)20)9-4-6-10(7-5-9)21-14(15,16)17/h4-7,11,18-19H,2-3,8H2,1H3. The van der Waals surface area contributed by atoms with E-state index in [9.17, 15) is 23.1 Å². The van der Waals surface area contributed by atoms with Gasteiger partial charge in [0.1, 0.15) is 17.4 Å². The highest BCUT2D eigenvalue weighted by atomic mass is 19.4. The average molecular weight is 303 g/mol. The topological polar surface area (TPSA) is 58.6 Å². The minimum atomic E-state index is -4.75. The quantitative estimate of drug-likeness (QED) is 0.898. The number of carbonyl (C=O) groups excluding carboxylic acids is 1. The van der Waals surface area contributed by atoms with Crippen LogP contribution in [0.1, 0.15) is 24.8 Å². The number of likely N-dealkylation sites (N-methyl/N-ethyl adjacent to an activating group) is 1. The van der Waals surface area contributed by atoms with Crippen LogP contribution in [0.2, 0.25) is 0 Å². The molecule has 2 N–H and O–H groups in total. The monoisotopic (exact) mass is 303 g/mol. The molecule has 0 radical (unpaired) electrons. The maximum Gasteiger partial charge on any atom is 0.573 e. The summed E-state index contributed by atoms with van der Waals surface area (Å²) in [6.45, 7) is 0. The lowest BCUT2D eigenvalue weighted by Gasteiger charge is -2.38. The smallest absolute Gasteiger partial charge is 0.406 e. The van der Waals surface area contributed by atoms with Crippen LogP contribution < -0.4 is 10.1 Å². The second-order valence-corrected chi connectivity index (χ2v) is 5.00. The number of carbonyl (C=O) groups is 1. The van der Waals surface area contributed by atoms with Gasteiger partial charge < -0.3 is 15.2 Å². The number of hydrogen-bond acceptors (Lipinski definition) is 4. The molecule has 0 heterocycles. The average Bonchev–Trinajstić information content (AvgIpc) is 2.41. The minimum absolute atomic E-state index is 0.346. The summed E-state index contributed by atoms with van der Waals surface area (Å²) in [5.41, 5.74) is -0.544. The maximum absolute atomic E-state index is 12.3. The summed E-state index contributed by atoms with van der Waals surface area (Å²) in [7, 11) is 1.59. The molecule has 1 saturated carbocycles. The van der Waals surface area contributed by atoms with Crippen molar-refractivity contribution < 1.29 is 27.8 Å². The summed E-state index contributed by atoms with van der Waals surface area (Å²) >= 11 is 0. The molecule has 1 aliphatic rings. The van der Waals surface area contributed by atoms with E-state index in [1.54, 1.807) is 7.05 Å². The molecule has 4 nitrogen and oxygen atoms in total. The molecular formula is C14H16F3NO3. The van der Waals surface area contributed by atoms with Crippen LogP contribution in [0.5, 0.6) is 5.75 Å². The Balaban J connectivity index is 2.29. The molecule has 1 fully saturated rings. The van der Waals surface area contributed by atoms with Crippen LogP contribution >= 0.6 is 0 Å². The van der Waals surface area contributed by atoms with Crippen molar-refractivity contribution in [1.82, 2.24) is 5.32 Å².